The van der Waals surface area contributed by atoms with Crippen LogP contribution in [-0.4, -0.2) is 6.18 Å². The van der Waals surface area contributed by atoms with Gasteiger partial charge in [0.15, 0.2) is 17.4 Å². The Hall–Kier alpha value is -1.59. The average molecular weight is 431 g/mol. The topological polar surface area (TPSA) is 9.23 Å². The van der Waals surface area contributed by atoms with Crippen LogP contribution in [0.5, 0.6) is 5.75 Å². The molecular weight excluding hydrogens is 399 g/mol. The third-order valence-corrected chi connectivity index (χ3v) is 6.96. The summed E-state index contributed by atoms with van der Waals surface area (Å²) < 4.78 is 69.5. The van der Waals surface area contributed by atoms with Crippen molar-refractivity contribution >= 4 is 0 Å². The minimum atomic E-state index is -4.60. The molecule has 2 fully saturated rings. The summed E-state index contributed by atoms with van der Waals surface area (Å²) in [5.41, 5.74) is 0.572. The van der Waals surface area contributed by atoms with Crippen LogP contribution < -0.4 is 4.74 Å². The van der Waals surface area contributed by atoms with E-state index in [1.54, 1.807) is 0 Å². The highest BCUT2D eigenvalue weighted by Crippen LogP contribution is 2.45. The Morgan fingerprint density at radius 2 is 1.43 bits per heavy atom. The zero-order valence-corrected chi connectivity index (χ0v) is 17.5. The summed E-state index contributed by atoms with van der Waals surface area (Å²) in [6.45, 7) is 2.25. The van der Waals surface area contributed by atoms with Crippen LogP contribution in [0.15, 0.2) is 24.5 Å². The van der Waals surface area contributed by atoms with Gasteiger partial charge in [-0.1, -0.05) is 32.6 Å². The van der Waals surface area contributed by atoms with Crippen LogP contribution in [0.4, 0.5) is 22.0 Å². The number of hydrogen-bond acceptors (Lipinski definition) is 1. The molecule has 0 spiro atoms. The van der Waals surface area contributed by atoms with Crippen LogP contribution >= 0.6 is 0 Å². The first-order chi connectivity index (χ1) is 14.3. The van der Waals surface area contributed by atoms with Gasteiger partial charge in [-0.05, 0) is 79.9 Å². The van der Waals surface area contributed by atoms with Crippen molar-refractivity contribution in [2.24, 2.45) is 17.8 Å². The van der Waals surface area contributed by atoms with Gasteiger partial charge in [0.1, 0.15) is 0 Å². The molecular formula is C24H31F5O. The minimum absolute atomic E-state index is 0.0847. The van der Waals surface area contributed by atoms with E-state index in [9.17, 15) is 22.0 Å². The number of halogens is 5. The zero-order valence-electron chi connectivity index (χ0n) is 17.5. The maximum atomic E-state index is 14.3. The third kappa shape index (κ3) is 6.21. The van der Waals surface area contributed by atoms with E-state index in [1.165, 1.54) is 50.7 Å². The number of alkyl halides is 3. The highest BCUT2D eigenvalue weighted by molar-refractivity contribution is 5.34. The second-order valence-electron chi connectivity index (χ2n) is 8.96. The van der Waals surface area contributed by atoms with Crippen molar-refractivity contribution in [3.8, 4) is 5.75 Å². The number of hydrogen-bond donors (Lipinski definition) is 0. The molecule has 0 saturated heterocycles. The summed E-state index contributed by atoms with van der Waals surface area (Å²) in [6, 6.07) is 2.42. The molecule has 0 aliphatic heterocycles. The van der Waals surface area contributed by atoms with Gasteiger partial charge >= 0.3 is 6.18 Å². The standard InChI is InChI=1S/C24H31F5O/c1-2-3-16-4-6-17(7-5-16)18-8-10-19(11-9-18)20-14-21(25)23(22(26)15-20)30-13-12-24(27,28)29/h12-19H,2-11H2,1H3/b13-12+. The lowest BCUT2D eigenvalue weighted by molar-refractivity contribution is -0.0809. The van der Waals surface area contributed by atoms with Gasteiger partial charge in [-0.25, -0.2) is 8.78 Å². The molecule has 0 unspecified atom stereocenters. The first kappa shape index (κ1) is 23.1. The molecule has 2 aliphatic rings. The van der Waals surface area contributed by atoms with Gasteiger partial charge in [-0.15, -0.1) is 0 Å². The van der Waals surface area contributed by atoms with Crippen molar-refractivity contribution < 1.29 is 26.7 Å². The van der Waals surface area contributed by atoms with E-state index in [4.69, 9.17) is 0 Å². The molecule has 168 valence electrons. The van der Waals surface area contributed by atoms with E-state index < -0.39 is 23.6 Å². The molecule has 0 N–H and O–H groups in total. The highest BCUT2D eigenvalue weighted by Gasteiger charge is 2.31. The third-order valence-electron chi connectivity index (χ3n) is 6.96. The van der Waals surface area contributed by atoms with Crippen molar-refractivity contribution in [1.82, 2.24) is 0 Å². The fourth-order valence-electron chi connectivity index (χ4n) is 5.39. The molecule has 0 atom stereocenters. The molecule has 6 heteroatoms. The number of ether oxygens (including phenoxy) is 1. The molecule has 0 radical (unpaired) electrons. The van der Waals surface area contributed by atoms with Gasteiger partial charge < -0.3 is 4.74 Å². The molecule has 1 aromatic rings. The van der Waals surface area contributed by atoms with E-state index in [0.717, 1.165) is 37.5 Å². The summed E-state index contributed by atoms with van der Waals surface area (Å²) in [4.78, 5) is 0. The highest BCUT2D eigenvalue weighted by atomic mass is 19.4. The molecule has 0 amide bonds. The molecule has 1 nitrogen and oxygen atoms in total. The van der Waals surface area contributed by atoms with Crippen molar-refractivity contribution in [2.75, 3.05) is 0 Å². The second kappa shape index (κ2) is 10.1. The van der Waals surface area contributed by atoms with Crippen LogP contribution in [0.3, 0.4) is 0 Å². The number of rotatable bonds is 6. The van der Waals surface area contributed by atoms with Crippen LogP contribution in [0.2, 0.25) is 0 Å². The second-order valence-corrected chi connectivity index (χ2v) is 8.96. The first-order valence-corrected chi connectivity index (χ1v) is 11.2. The smallest absolute Gasteiger partial charge is 0.412 e. The fourth-order valence-corrected chi connectivity index (χ4v) is 5.39. The molecule has 0 bridgehead atoms. The van der Waals surface area contributed by atoms with Gasteiger partial charge in [-0.2, -0.15) is 13.2 Å². The summed E-state index contributed by atoms with van der Waals surface area (Å²) in [7, 11) is 0. The van der Waals surface area contributed by atoms with E-state index >= 15 is 0 Å². The van der Waals surface area contributed by atoms with Crippen molar-refractivity contribution in [1.29, 1.82) is 0 Å². The Balaban J connectivity index is 1.55. The van der Waals surface area contributed by atoms with E-state index in [2.05, 4.69) is 11.7 Å². The van der Waals surface area contributed by atoms with Crippen LogP contribution in [0.1, 0.15) is 82.6 Å². The lowest BCUT2D eigenvalue weighted by Crippen LogP contribution is -2.25. The average Bonchev–Trinajstić information content (AvgIpc) is 2.70. The monoisotopic (exact) mass is 430 g/mol. The maximum Gasteiger partial charge on any atom is 0.412 e. The minimum Gasteiger partial charge on any atom is -0.459 e. The Bertz CT molecular complexity index is 688. The molecule has 3 rings (SSSR count). The molecule has 2 aliphatic carbocycles. The number of allylic oxidation sites excluding steroid dienone is 1. The quantitative estimate of drug-likeness (QED) is 0.326. The van der Waals surface area contributed by atoms with Crippen molar-refractivity contribution in [3.63, 3.8) is 0 Å². The van der Waals surface area contributed by atoms with Crippen molar-refractivity contribution in [2.45, 2.75) is 83.2 Å². The largest absolute Gasteiger partial charge is 0.459 e. The van der Waals surface area contributed by atoms with Crippen LogP contribution in [-0.2, 0) is 0 Å². The molecule has 1 aromatic carbocycles. The lowest BCUT2D eigenvalue weighted by Gasteiger charge is -2.38. The maximum absolute atomic E-state index is 14.3. The summed E-state index contributed by atoms with van der Waals surface area (Å²) in [5.74, 6) is -0.266. The van der Waals surface area contributed by atoms with Crippen molar-refractivity contribution in [3.05, 3.63) is 41.7 Å². The normalized spacial score (nSPS) is 28.1. The Morgan fingerprint density at radius 3 is 1.93 bits per heavy atom. The lowest BCUT2D eigenvalue weighted by atomic mass is 9.68. The van der Waals surface area contributed by atoms with Crippen LogP contribution in [0, 0.1) is 29.4 Å². The zero-order chi connectivity index (χ0) is 21.7. The Labute approximate surface area is 175 Å². The first-order valence-electron chi connectivity index (χ1n) is 11.2. The summed E-state index contributed by atoms with van der Waals surface area (Å²) in [6.07, 6.45) is 7.28. The molecule has 2 saturated carbocycles. The number of benzene rings is 1. The van der Waals surface area contributed by atoms with Gasteiger partial charge in [0.2, 0.25) is 0 Å². The van der Waals surface area contributed by atoms with Gasteiger partial charge in [0.25, 0.3) is 0 Å². The van der Waals surface area contributed by atoms with Gasteiger partial charge in [-0.3, -0.25) is 0 Å². The van der Waals surface area contributed by atoms with Gasteiger partial charge in [0.05, 0.1) is 12.3 Å². The fraction of sp³-hybridized carbons (Fsp3) is 0.667. The summed E-state index contributed by atoms with van der Waals surface area (Å²) >= 11 is 0. The molecule has 30 heavy (non-hydrogen) atoms. The van der Waals surface area contributed by atoms with E-state index in [0.29, 0.717) is 11.5 Å². The van der Waals surface area contributed by atoms with E-state index in [-0.39, 0.29) is 18.3 Å². The van der Waals surface area contributed by atoms with E-state index in [1.807, 2.05) is 0 Å². The summed E-state index contributed by atoms with van der Waals surface area (Å²) in [5, 5.41) is 0. The van der Waals surface area contributed by atoms with Crippen LogP contribution in [0.25, 0.3) is 0 Å². The SMILES string of the molecule is CCCC1CCC(C2CCC(c3cc(F)c(O/C=C/C(F)(F)F)c(F)c3)CC2)CC1. The predicted molar refractivity (Wildman–Crippen MR) is 107 cm³/mol. The predicted octanol–water partition coefficient (Wildman–Crippen LogP) is 8.30. The molecule has 0 aromatic heterocycles. The Kier molecular flexibility index (Phi) is 7.81. The van der Waals surface area contributed by atoms with Gasteiger partial charge in [0, 0.05) is 0 Å². The Morgan fingerprint density at radius 1 is 0.900 bits per heavy atom. The molecule has 0 heterocycles.